The highest BCUT2D eigenvalue weighted by Gasteiger charge is 2.68. The maximum Gasteiger partial charge on any atom is 0.275 e. The molecule has 0 spiro atoms. The Balaban J connectivity index is 1.37. The van der Waals surface area contributed by atoms with Gasteiger partial charge in [-0.05, 0) is 52.6 Å². The summed E-state index contributed by atoms with van der Waals surface area (Å²) in [5.41, 5.74) is 3.75. The predicted molar refractivity (Wildman–Crippen MR) is 152 cm³/mol. The van der Waals surface area contributed by atoms with Crippen molar-refractivity contribution in [2.24, 2.45) is 16.9 Å². The lowest BCUT2D eigenvalue weighted by Crippen LogP contribution is -2.54. The van der Waals surface area contributed by atoms with Gasteiger partial charge in [-0.3, -0.25) is 24.5 Å². The number of nitrogens with zero attached hydrogens (tertiary/aromatic N) is 3. The van der Waals surface area contributed by atoms with Crippen LogP contribution in [0.4, 0.5) is 15.8 Å². The van der Waals surface area contributed by atoms with Gasteiger partial charge in [-0.15, -0.1) is 0 Å². The maximum atomic E-state index is 14.3. The van der Waals surface area contributed by atoms with E-state index in [1.54, 1.807) is 0 Å². The number of benzene rings is 4. The van der Waals surface area contributed by atoms with E-state index >= 15 is 0 Å². The number of imide groups is 1. The van der Waals surface area contributed by atoms with Gasteiger partial charge >= 0.3 is 0 Å². The molecule has 2 bridgehead atoms. The number of nitro groups is 1. The fourth-order valence-electron chi connectivity index (χ4n) is 6.97. The van der Waals surface area contributed by atoms with Gasteiger partial charge in [-0.25, -0.2) is 14.7 Å². The molecule has 2 atom stereocenters. The Bertz CT molecular complexity index is 1860. The fraction of sp³-hybridized carbons (Fsp3) is 0.125. The van der Waals surface area contributed by atoms with Crippen LogP contribution in [0.25, 0.3) is 0 Å². The van der Waals surface area contributed by atoms with Crippen molar-refractivity contribution in [3.05, 3.63) is 135 Å². The molecule has 10 nitrogen and oxygen atoms in total. The SMILES string of the molecule is O=C(N/N=C\C12c3ccccc3C(c3ccccc31)[C@H]1C(=O)N(c3ccc(F)cc3)C(=O)[C@H]12)c1cc([N+](=O)[O-])ccc1O. The number of nitrogens with one attached hydrogen (secondary N) is 1. The van der Waals surface area contributed by atoms with Crippen LogP contribution in [0.1, 0.15) is 38.5 Å². The molecule has 4 aromatic rings. The molecule has 1 fully saturated rings. The van der Waals surface area contributed by atoms with Crippen LogP contribution in [0.15, 0.2) is 96.1 Å². The van der Waals surface area contributed by atoms with E-state index in [9.17, 15) is 34.0 Å². The zero-order valence-corrected chi connectivity index (χ0v) is 22.2. The van der Waals surface area contributed by atoms with Crippen molar-refractivity contribution >= 4 is 35.3 Å². The predicted octanol–water partition coefficient (Wildman–Crippen LogP) is 4.41. The molecule has 212 valence electrons. The zero-order valence-electron chi connectivity index (χ0n) is 22.2. The molecular weight excluding hydrogens is 555 g/mol. The van der Waals surface area contributed by atoms with E-state index in [1.165, 1.54) is 30.5 Å². The van der Waals surface area contributed by atoms with E-state index in [2.05, 4.69) is 10.5 Å². The molecule has 11 heteroatoms. The molecule has 1 saturated heterocycles. The number of rotatable bonds is 5. The van der Waals surface area contributed by atoms with Gasteiger partial charge in [-0.2, -0.15) is 5.10 Å². The lowest BCUT2D eigenvalue weighted by atomic mass is 9.47. The number of phenolic OH excluding ortho intramolecular Hbond substituents is 1. The molecule has 1 heterocycles. The molecule has 8 rings (SSSR count). The lowest BCUT2D eigenvalue weighted by molar-refractivity contribution is -0.384. The third-order valence-corrected chi connectivity index (χ3v) is 8.64. The fourth-order valence-corrected chi connectivity index (χ4v) is 6.97. The number of hydrogen-bond donors (Lipinski definition) is 2. The number of aromatic hydroxyl groups is 1. The van der Waals surface area contributed by atoms with Crippen molar-refractivity contribution in [1.29, 1.82) is 0 Å². The second kappa shape index (κ2) is 9.41. The summed E-state index contributed by atoms with van der Waals surface area (Å²) in [5, 5.41) is 25.7. The van der Waals surface area contributed by atoms with Gasteiger partial charge in [0.15, 0.2) is 0 Å². The first-order valence-corrected chi connectivity index (χ1v) is 13.4. The Labute approximate surface area is 243 Å². The molecule has 0 aromatic heterocycles. The normalized spacial score (nSPS) is 23.2. The third kappa shape index (κ3) is 3.64. The van der Waals surface area contributed by atoms with Crippen LogP contribution in [-0.4, -0.2) is 34.0 Å². The summed E-state index contributed by atoms with van der Waals surface area (Å²) < 4.78 is 13.7. The second-order valence-electron chi connectivity index (χ2n) is 10.7. The van der Waals surface area contributed by atoms with E-state index in [4.69, 9.17) is 0 Å². The molecule has 4 aliphatic rings. The summed E-state index contributed by atoms with van der Waals surface area (Å²) in [5.74, 6) is -4.95. The minimum absolute atomic E-state index is 0.250. The quantitative estimate of drug-likeness (QED) is 0.156. The second-order valence-corrected chi connectivity index (χ2v) is 10.7. The van der Waals surface area contributed by atoms with Crippen LogP contribution in [0.2, 0.25) is 0 Å². The summed E-state index contributed by atoms with van der Waals surface area (Å²) >= 11 is 0. The van der Waals surface area contributed by atoms with Crippen molar-refractivity contribution < 1.29 is 28.8 Å². The maximum absolute atomic E-state index is 14.3. The van der Waals surface area contributed by atoms with Gasteiger partial charge in [0.2, 0.25) is 11.8 Å². The largest absolute Gasteiger partial charge is 0.507 e. The molecule has 2 N–H and O–H groups in total. The van der Waals surface area contributed by atoms with Crippen LogP contribution in [0.3, 0.4) is 0 Å². The van der Waals surface area contributed by atoms with E-state index in [1.807, 2.05) is 48.5 Å². The molecule has 0 saturated carbocycles. The highest BCUT2D eigenvalue weighted by molar-refractivity contribution is 6.25. The first-order chi connectivity index (χ1) is 20.7. The number of phenols is 1. The number of non-ortho nitro benzene ring substituents is 1. The Morgan fingerprint density at radius 2 is 1.58 bits per heavy atom. The monoisotopic (exact) mass is 576 g/mol. The highest BCUT2D eigenvalue weighted by atomic mass is 19.1. The summed E-state index contributed by atoms with van der Waals surface area (Å²) in [6.07, 6.45) is 1.43. The molecule has 4 aromatic carbocycles. The van der Waals surface area contributed by atoms with Crippen molar-refractivity contribution in [2.75, 3.05) is 4.90 Å². The number of halogens is 1. The van der Waals surface area contributed by atoms with Crippen molar-refractivity contribution in [1.82, 2.24) is 5.43 Å². The zero-order chi connectivity index (χ0) is 30.0. The minimum Gasteiger partial charge on any atom is -0.507 e. The lowest BCUT2D eigenvalue weighted by Gasteiger charge is -2.52. The number of amides is 3. The molecule has 0 radical (unpaired) electrons. The van der Waals surface area contributed by atoms with Gasteiger partial charge in [0.1, 0.15) is 11.6 Å². The highest BCUT2D eigenvalue weighted by Crippen LogP contribution is 2.63. The molecule has 43 heavy (non-hydrogen) atoms. The molecule has 3 amide bonds. The van der Waals surface area contributed by atoms with Crippen LogP contribution >= 0.6 is 0 Å². The molecule has 3 aliphatic carbocycles. The van der Waals surface area contributed by atoms with E-state index in [0.29, 0.717) is 0 Å². The van der Waals surface area contributed by atoms with E-state index in [-0.39, 0.29) is 11.3 Å². The topological polar surface area (TPSA) is 142 Å². The summed E-state index contributed by atoms with van der Waals surface area (Å²) in [7, 11) is 0. The Hall–Kier alpha value is -5.71. The number of anilines is 1. The number of carbonyl (C=O) groups is 3. The van der Waals surface area contributed by atoms with Crippen LogP contribution in [0.5, 0.6) is 5.75 Å². The van der Waals surface area contributed by atoms with Crippen molar-refractivity contribution in [3.8, 4) is 5.75 Å². The first-order valence-electron chi connectivity index (χ1n) is 13.4. The number of hydrazone groups is 1. The first kappa shape index (κ1) is 26.2. The van der Waals surface area contributed by atoms with Gasteiger partial charge in [0.25, 0.3) is 11.6 Å². The van der Waals surface area contributed by atoms with Crippen LogP contribution in [-0.2, 0) is 15.0 Å². The summed E-state index contributed by atoms with van der Waals surface area (Å²) in [4.78, 5) is 53.0. The molecule has 1 aliphatic heterocycles. The molecular formula is C32H21FN4O6. The van der Waals surface area contributed by atoms with Gasteiger partial charge < -0.3 is 5.11 Å². The smallest absolute Gasteiger partial charge is 0.275 e. The third-order valence-electron chi connectivity index (χ3n) is 8.64. The average molecular weight is 577 g/mol. The summed E-state index contributed by atoms with van der Waals surface area (Å²) in [6.45, 7) is 0. The minimum atomic E-state index is -1.29. The Morgan fingerprint density at radius 1 is 0.953 bits per heavy atom. The van der Waals surface area contributed by atoms with Crippen molar-refractivity contribution in [3.63, 3.8) is 0 Å². The number of carbonyl (C=O) groups excluding carboxylic acids is 3. The number of nitro benzene ring substituents is 1. The van der Waals surface area contributed by atoms with Crippen LogP contribution in [0, 0.1) is 27.8 Å². The molecule has 0 unspecified atom stereocenters. The van der Waals surface area contributed by atoms with E-state index in [0.717, 1.165) is 45.4 Å². The number of hydrogen-bond acceptors (Lipinski definition) is 7. The van der Waals surface area contributed by atoms with Gasteiger partial charge in [-0.1, -0.05) is 48.5 Å². The van der Waals surface area contributed by atoms with Crippen LogP contribution < -0.4 is 10.3 Å². The van der Waals surface area contributed by atoms with Gasteiger partial charge in [0, 0.05) is 24.3 Å². The van der Waals surface area contributed by atoms with E-state index < -0.39 is 63.1 Å². The summed E-state index contributed by atoms with van der Waals surface area (Å²) in [6, 6.07) is 23.1. The standard InChI is InChI=1S/C32H21FN4O6/c33-17-9-11-18(12-10-17)36-30(40)27-26-20-5-1-3-7-23(20)32(28(27)31(36)41,24-8-4-2-6-21(24)26)16-34-35-29(39)22-15-19(37(42)43)13-14-25(22)38/h1-16,26-28,38H,(H,35,39)/b34-16-/t26?,27-,28+,32?/m1/s1. The Kier molecular flexibility index (Phi) is 5.74. The Morgan fingerprint density at radius 3 is 2.21 bits per heavy atom. The van der Waals surface area contributed by atoms with Gasteiger partial charge in [0.05, 0.1) is 33.4 Å². The van der Waals surface area contributed by atoms with Crippen molar-refractivity contribution in [2.45, 2.75) is 11.3 Å². The average Bonchev–Trinajstić information content (AvgIpc) is 3.28.